The number of carboxylic acid groups (broad SMARTS) is 1. The molecule has 1 aromatic heterocycles. The molecule has 0 amide bonds. The summed E-state index contributed by atoms with van der Waals surface area (Å²) >= 11 is 1.60. The zero-order valence-electron chi connectivity index (χ0n) is 13.0. The van der Waals surface area contributed by atoms with Gasteiger partial charge in [-0.25, -0.2) is 9.97 Å². The van der Waals surface area contributed by atoms with Crippen LogP contribution in [0.15, 0.2) is 11.2 Å². The topological polar surface area (TPSA) is 75.1 Å². The molecule has 2 unspecified atom stereocenters. The second-order valence-electron chi connectivity index (χ2n) is 6.10. The van der Waals surface area contributed by atoms with E-state index in [-0.39, 0.29) is 11.3 Å². The first-order valence-electron chi connectivity index (χ1n) is 7.31. The van der Waals surface area contributed by atoms with Crippen LogP contribution in [0.1, 0.15) is 44.5 Å². The van der Waals surface area contributed by atoms with Gasteiger partial charge in [-0.1, -0.05) is 11.8 Å². The third-order valence-corrected chi connectivity index (χ3v) is 4.81. The van der Waals surface area contributed by atoms with Gasteiger partial charge in [0.05, 0.1) is 0 Å². The third kappa shape index (κ3) is 3.95. The van der Waals surface area contributed by atoms with Crippen LogP contribution in [-0.2, 0) is 4.79 Å². The molecule has 0 spiro atoms. The quantitative estimate of drug-likeness (QED) is 0.814. The van der Waals surface area contributed by atoms with Crippen molar-refractivity contribution in [3.05, 3.63) is 17.5 Å². The molecule has 0 saturated heterocycles. The Balaban J connectivity index is 2.08. The summed E-state index contributed by atoms with van der Waals surface area (Å²) in [5.41, 5.74) is 1.10. The number of nitrogens with zero attached hydrogens (tertiary/aromatic N) is 2. The monoisotopic (exact) mass is 309 g/mol. The number of hydrogen-bond donors (Lipinski definition) is 2. The smallest absolute Gasteiger partial charge is 0.323 e. The summed E-state index contributed by atoms with van der Waals surface area (Å²) < 4.78 is 0. The predicted octanol–water partition coefficient (Wildman–Crippen LogP) is 2.56. The van der Waals surface area contributed by atoms with Crippen LogP contribution < -0.4 is 5.32 Å². The minimum Gasteiger partial charge on any atom is -0.480 e. The number of aromatic nitrogens is 2. The van der Waals surface area contributed by atoms with Crippen molar-refractivity contribution in [3.8, 4) is 0 Å². The predicted molar refractivity (Wildman–Crippen MR) is 83.6 cm³/mol. The van der Waals surface area contributed by atoms with Crippen LogP contribution in [-0.4, -0.2) is 37.9 Å². The van der Waals surface area contributed by atoms with Gasteiger partial charge < -0.3 is 5.11 Å². The van der Waals surface area contributed by atoms with E-state index in [2.05, 4.69) is 15.3 Å². The lowest BCUT2D eigenvalue weighted by molar-refractivity contribution is -0.145. The zero-order valence-corrected chi connectivity index (χ0v) is 13.8. The molecule has 116 valence electrons. The van der Waals surface area contributed by atoms with Gasteiger partial charge in [0, 0.05) is 22.7 Å². The Bertz CT molecular complexity index is 515. The number of nitrogens with one attached hydrogen (secondary N) is 1. The molecule has 2 N–H and O–H groups in total. The Morgan fingerprint density at radius 2 is 2.05 bits per heavy atom. The highest BCUT2D eigenvalue weighted by Crippen LogP contribution is 2.39. The first kappa shape index (κ1) is 16.2. The molecule has 1 saturated carbocycles. The van der Waals surface area contributed by atoms with E-state index in [1.807, 2.05) is 33.8 Å². The molecule has 1 aromatic rings. The van der Waals surface area contributed by atoms with Crippen LogP contribution >= 0.6 is 11.8 Å². The highest BCUT2D eigenvalue weighted by Gasteiger charge is 2.46. The summed E-state index contributed by atoms with van der Waals surface area (Å²) in [5, 5.41) is 13.8. The van der Waals surface area contributed by atoms with E-state index in [0.29, 0.717) is 12.8 Å². The van der Waals surface area contributed by atoms with Gasteiger partial charge in [0.1, 0.15) is 5.54 Å². The van der Waals surface area contributed by atoms with Gasteiger partial charge in [0.15, 0.2) is 5.16 Å². The number of aryl methyl sites for hydroxylation is 2. The Morgan fingerprint density at radius 1 is 1.43 bits per heavy atom. The standard InChI is InChI=1S/C15H23N3O2S/c1-9(2)18-15(13(19)20)6-5-12(8-15)21-14-16-10(3)7-11(4)17-14/h7,9,12,18H,5-6,8H2,1-4H3,(H,19,20). The van der Waals surface area contributed by atoms with Gasteiger partial charge >= 0.3 is 5.97 Å². The van der Waals surface area contributed by atoms with E-state index < -0.39 is 11.5 Å². The molecule has 1 aliphatic rings. The fourth-order valence-corrected chi connectivity index (χ4v) is 4.23. The minimum absolute atomic E-state index is 0.155. The van der Waals surface area contributed by atoms with E-state index in [1.165, 1.54) is 0 Å². The number of hydrogen-bond acceptors (Lipinski definition) is 5. The number of rotatable bonds is 5. The summed E-state index contributed by atoms with van der Waals surface area (Å²) in [6, 6.07) is 2.10. The number of thioether (sulfide) groups is 1. The van der Waals surface area contributed by atoms with Crippen LogP contribution in [0.4, 0.5) is 0 Å². The molecule has 1 aliphatic carbocycles. The van der Waals surface area contributed by atoms with E-state index in [1.54, 1.807) is 11.8 Å². The van der Waals surface area contributed by atoms with Crippen molar-refractivity contribution < 1.29 is 9.90 Å². The lowest BCUT2D eigenvalue weighted by Gasteiger charge is -2.28. The second kappa shape index (κ2) is 6.32. The van der Waals surface area contributed by atoms with Crippen LogP contribution in [0.3, 0.4) is 0 Å². The molecule has 1 heterocycles. The van der Waals surface area contributed by atoms with Crippen molar-refractivity contribution in [2.75, 3.05) is 0 Å². The van der Waals surface area contributed by atoms with Crippen molar-refractivity contribution in [1.29, 1.82) is 0 Å². The normalized spacial score (nSPS) is 25.5. The average Bonchev–Trinajstić information content (AvgIpc) is 2.71. The zero-order chi connectivity index (χ0) is 15.6. The number of carboxylic acids is 1. The lowest BCUT2D eigenvalue weighted by atomic mass is 9.97. The van der Waals surface area contributed by atoms with Crippen LogP contribution in [0.2, 0.25) is 0 Å². The second-order valence-corrected chi connectivity index (χ2v) is 7.37. The van der Waals surface area contributed by atoms with Crippen LogP contribution in [0.5, 0.6) is 0 Å². The Morgan fingerprint density at radius 3 is 2.57 bits per heavy atom. The van der Waals surface area contributed by atoms with Gasteiger partial charge in [-0.3, -0.25) is 10.1 Å². The fourth-order valence-electron chi connectivity index (χ4n) is 2.94. The molecule has 5 nitrogen and oxygen atoms in total. The first-order valence-corrected chi connectivity index (χ1v) is 8.19. The van der Waals surface area contributed by atoms with Gasteiger partial charge in [-0.05, 0) is 53.0 Å². The minimum atomic E-state index is -0.801. The molecule has 0 aromatic carbocycles. The largest absolute Gasteiger partial charge is 0.480 e. The summed E-state index contributed by atoms with van der Waals surface area (Å²) in [5.74, 6) is -0.749. The molecular weight excluding hydrogens is 286 g/mol. The van der Waals surface area contributed by atoms with Crippen molar-refractivity contribution in [2.24, 2.45) is 0 Å². The molecule has 0 bridgehead atoms. The third-order valence-electron chi connectivity index (χ3n) is 3.68. The highest BCUT2D eigenvalue weighted by atomic mass is 32.2. The Kier molecular flexibility index (Phi) is 4.88. The molecule has 0 aliphatic heterocycles. The fraction of sp³-hybridized carbons (Fsp3) is 0.667. The highest BCUT2D eigenvalue weighted by molar-refractivity contribution is 7.99. The maximum atomic E-state index is 11.7. The van der Waals surface area contributed by atoms with E-state index in [9.17, 15) is 9.90 Å². The SMILES string of the molecule is Cc1cc(C)nc(SC2CCC(NC(C)C)(C(=O)O)C2)n1. The van der Waals surface area contributed by atoms with Crippen molar-refractivity contribution >= 4 is 17.7 Å². The summed E-state index contributed by atoms with van der Waals surface area (Å²) in [7, 11) is 0. The summed E-state index contributed by atoms with van der Waals surface area (Å²) in [4.78, 5) is 20.5. The summed E-state index contributed by atoms with van der Waals surface area (Å²) in [6.07, 6.45) is 2.14. The molecule has 2 atom stereocenters. The molecule has 0 radical (unpaired) electrons. The molecule has 21 heavy (non-hydrogen) atoms. The Hall–Kier alpha value is -1.14. The maximum absolute atomic E-state index is 11.7. The van der Waals surface area contributed by atoms with E-state index in [0.717, 1.165) is 23.0 Å². The maximum Gasteiger partial charge on any atom is 0.323 e. The van der Waals surface area contributed by atoms with Crippen LogP contribution in [0.25, 0.3) is 0 Å². The van der Waals surface area contributed by atoms with E-state index in [4.69, 9.17) is 0 Å². The lowest BCUT2D eigenvalue weighted by Crippen LogP contribution is -2.53. The van der Waals surface area contributed by atoms with E-state index >= 15 is 0 Å². The van der Waals surface area contributed by atoms with Crippen molar-refractivity contribution in [1.82, 2.24) is 15.3 Å². The van der Waals surface area contributed by atoms with Gasteiger partial charge in [0.2, 0.25) is 0 Å². The number of carbonyl (C=O) groups is 1. The van der Waals surface area contributed by atoms with Crippen molar-refractivity contribution in [2.45, 2.75) is 68.9 Å². The van der Waals surface area contributed by atoms with Gasteiger partial charge in [0.25, 0.3) is 0 Å². The summed E-state index contributed by atoms with van der Waals surface area (Å²) in [6.45, 7) is 7.88. The molecule has 6 heteroatoms. The number of aliphatic carboxylic acids is 1. The Labute approximate surface area is 130 Å². The van der Waals surface area contributed by atoms with Gasteiger partial charge in [-0.15, -0.1) is 0 Å². The average molecular weight is 309 g/mol. The van der Waals surface area contributed by atoms with Gasteiger partial charge in [-0.2, -0.15) is 0 Å². The molecule has 2 rings (SSSR count). The molecule has 1 fully saturated rings. The first-order chi connectivity index (χ1) is 9.80. The molecular formula is C15H23N3O2S. The van der Waals surface area contributed by atoms with Crippen molar-refractivity contribution in [3.63, 3.8) is 0 Å². The van der Waals surface area contributed by atoms with Crippen LogP contribution in [0, 0.1) is 13.8 Å².